The second-order valence-electron chi connectivity index (χ2n) is 3.74. The molecule has 0 aliphatic rings. The molecule has 7 nitrogen and oxygen atoms in total. The molecule has 0 bridgehead atoms. The second kappa shape index (κ2) is 4.79. The summed E-state index contributed by atoms with van der Waals surface area (Å²) in [5.74, 6) is 6.41. The van der Waals surface area contributed by atoms with E-state index in [1.807, 2.05) is 32.4 Å². The van der Waals surface area contributed by atoms with Crippen LogP contribution in [0.5, 0.6) is 0 Å². The Labute approximate surface area is 99.0 Å². The minimum atomic E-state index is 0.402. The number of nitrogens with zero attached hydrogens (tertiary/aromatic N) is 4. The molecule has 90 valence electrons. The summed E-state index contributed by atoms with van der Waals surface area (Å²) in [4.78, 5) is 8.30. The van der Waals surface area contributed by atoms with E-state index in [0.717, 1.165) is 17.1 Å². The summed E-state index contributed by atoms with van der Waals surface area (Å²) in [6, 6.07) is 1.86. The fourth-order valence-electron chi connectivity index (χ4n) is 1.48. The van der Waals surface area contributed by atoms with E-state index >= 15 is 0 Å². The van der Waals surface area contributed by atoms with Crippen LogP contribution in [0, 0.1) is 6.92 Å². The molecule has 0 aliphatic carbocycles. The molecule has 17 heavy (non-hydrogen) atoms. The predicted octanol–water partition coefficient (Wildman–Crippen LogP) is 0.416. The Morgan fingerprint density at radius 3 is 2.88 bits per heavy atom. The summed E-state index contributed by atoms with van der Waals surface area (Å²) in [5, 5.41) is 7.28. The van der Waals surface area contributed by atoms with E-state index in [-0.39, 0.29) is 0 Å². The number of nitrogen functional groups attached to an aromatic ring is 1. The Kier molecular flexibility index (Phi) is 3.20. The van der Waals surface area contributed by atoms with E-state index in [1.54, 1.807) is 4.68 Å². The van der Waals surface area contributed by atoms with Crippen LogP contribution in [0.4, 0.5) is 11.8 Å². The molecule has 0 unspecified atom stereocenters. The van der Waals surface area contributed by atoms with Crippen LogP contribution in [-0.4, -0.2) is 19.7 Å². The van der Waals surface area contributed by atoms with Crippen molar-refractivity contribution in [3.05, 3.63) is 29.7 Å². The first-order chi connectivity index (χ1) is 8.17. The molecule has 2 rings (SSSR count). The van der Waals surface area contributed by atoms with Crippen LogP contribution in [0.2, 0.25) is 0 Å². The first-order valence-corrected chi connectivity index (χ1v) is 5.21. The number of rotatable bonds is 4. The third-order valence-corrected chi connectivity index (χ3v) is 2.22. The van der Waals surface area contributed by atoms with Gasteiger partial charge in [-0.1, -0.05) is 0 Å². The minimum Gasteiger partial charge on any atom is -0.366 e. The van der Waals surface area contributed by atoms with Crippen LogP contribution in [0.3, 0.4) is 0 Å². The lowest BCUT2D eigenvalue weighted by Crippen LogP contribution is -2.12. The van der Waals surface area contributed by atoms with Gasteiger partial charge in [0.2, 0.25) is 5.95 Å². The standard InChI is InChI=1S/C10H15N7/c1-7-3-9(15-10(14-7)16-11)12-4-8-5-13-17(2)6-8/h3,5-6H,4,11H2,1-2H3,(H2,12,14,15,16). The van der Waals surface area contributed by atoms with Crippen molar-refractivity contribution in [2.24, 2.45) is 12.9 Å². The van der Waals surface area contributed by atoms with Gasteiger partial charge in [-0.15, -0.1) is 0 Å². The molecule has 0 atom stereocenters. The lowest BCUT2D eigenvalue weighted by molar-refractivity contribution is 0.767. The number of nitrogens with two attached hydrogens (primary N) is 1. The summed E-state index contributed by atoms with van der Waals surface area (Å²) in [6.45, 7) is 2.55. The quantitative estimate of drug-likeness (QED) is 0.523. The number of nitrogens with one attached hydrogen (secondary N) is 2. The van der Waals surface area contributed by atoms with Gasteiger partial charge in [0.25, 0.3) is 0 Å². The minimum absolute atomic E-state index is 0.402. The number of aromatic nitrogens is 4. The molecule has 2 heterocycles. The van der Waals surface area contributed by atoms with Crippen molar-refractivity contribution in [3.8, 4) is 0 Å². The molecule has 0 amide bonds. The molecule has 0 aromatic carbocycles. The van der Waals surface area contributed by atoms with E-state index in [1.165, 1.54) is 0 Å². The number of hydrogen-bond acceptors (Lipinski definition) is 6. The smallest absolute Gasteiger partial charge is 0.239 e. The van der Waals surface area contributed by atoms with Gasteiger partial charge in [0, 0.05) is 37.1 Å². The molecule has 0 spiro atoms. The van der Waals surface area contributed by atoms with Gasteiger partial charge >= 0.3 is 0 Å². The number of anilines is 2. The maximum Gasteiger partial charge on any atom is 0.239 e. The second-order valence-corrected chi connectivity index (χ2v) is 3.74. The SMILES string of the molecule is Cc1cc(NCc2cnn(C)c2)nc(NN)n1. The van der Waals surface area contributed by atoms with Crippen LogP contribution in [0.1, 0.15) is 11.3 Å². The van der Waals surface area contributed by atoms with Crippen LogP contribution < -0.4 is 16.6 Å². The highest BCUT2D eigenvalue weighted by Crippen LogP contribution is 2.10. The Balaban J connectivity index is 2.05. The zero-order valence-corrected chi connectivity index (χ0v) is 9.81. The molecule has 0 aliphatic heterocycles. The largest absolute Gasteiger partial charge is 0.366 e. The van der Waals surface area contributed by atoms with E-state index in [0.29, 0.717) is 12.5 Å². The van der Waals surface area contributed by atoms with E-state index in [4.69, 9.17) is 5.84 Å². The Morgan fingerprint density at radius 1 is 1.41 bits per heavy atom. The summed E-state index contributed by atoms with van der Waals surface area (Å²) in [6.07, 6.45) is 3.76. The van der Waals surface area contributed by atoms with Gasteiger partial charge in [0.05, 0.1) is 6.20 Å². The van der Waals surface area contributed by atoms with Gasteiger partial charge in [0.15, 0.2) is 0 Å². The molecule has 4 N–H and O–H groups in total. The molecule has 2 aromatic rings. The fourth-order valence-corrected chi connectivity index (χ4v) is 1.48. The molecule has 7 heteroatoms. The van der Waals surface area contributed by atoms with Crippen molar-refractivity contribution in [1.82, 2.24) is 19.7 Å². The molecular formula is C10H15N7. The molecule has 0 saturated heterocycles. The average molecular weight is 233 g/mol. The van der Waals surface area contributed by atoms with Crippen molar-refractivity contribution in [1.29, 1.82) is 0 Å². The third kappa shape index (κ3) is 2.91. The number of aryl methyl sites for hydroxylation is 2. The zero-order valence-electron chi connectivity index (χ0n) is 9.81. The average Bonchev–Trinajstić information content (AvgIpc) is 2.72. The van der Waals surface area contributed by atoms with Crippen molar-refractivity contribution in [3.63, 3.8) is 0 Å². The molecule has 2 aromatic heterocycles. The van der Waals surface area contributed by atoms with Crippen LogP contribution in [-0.2, 0) is 13.6 Å². The molecule has 0 saturated carbocycles. The van der Waals surface area contributed by atoms with E-state index in [2.05, 4.69) is 25.8 Å². The summed E-state index contributed by atoms with van der Waals surface area (Å²) in [5.41, 5.74) is 4.37. The lowest BCUT2D eigenvalue weighted by Gasteiger charge is -2.06. The van der Waals surface area contributed by atoms with Gasteiger partial charge in [0.1, 0.15) is 5.82 Å². The number of hydrogen-bond donors (Lipinski definition) is 3. The molecule has 0 fully saturated rings. The van der Waals surface area contributed by atoms with Crippen LogP contribution in [0.15, 0.2) is 18.5 Å². The Bertz CT molecular complexity index is 505. The lowest BCUT2D eigenvalue weighted by atomic mass is 10.3. The predicted molar refractivity (Wildman–Crippen MR) is 65.1 cm³/mol. The monoisotopic (exact) mass is 233 g/mol. The third-order valence-electron chi connectivity index (χ3n) is 2.22. The van der Waals surface area contributed by atoms with Gasteiger partial charge in [-0.3, -0.25) is 10.1 Å². The summed E-state index contributed by atoms with van der Waals surface area (Å²) < 4.78 is 1.76. The van der Waals surface area contributed by atoms with Gasteiger partial charge in [-0.05, 0) is 6.92 Å². The highest BCUT2D eigenvalue weighted by molar-refractivity contribution is 5.41. The van der Waals surface area contributed by atoms with Gasteiger partial charge in [-0.25, -0.2) is 10.8 Å². The fraction of sp³-hybridized carbons (Fsp3) is 0.300. The van der Waals surface area contributed by atoms with Crippen molar-refractivity contribution in [2.75, 3.05) is 10.7 Å². The van der Waals surface area contributed by atoms with Gasteiger partial charge < -0.3 is 5.32 Å². The molecule has 0 radical (unpaired) electrons. The first-order valence-electron chi connectivity index (χ1n) is 5.21. The van der Waals surface area contributed by atoms with Crippen LogP contribution in [0.25, 0.3) is 0 Å². The van der Waals surface area contributed by atoms with Crippen molar-refractivity contribution < 1.29 is 0 Å². The Hall–Kier alpha value is -2.15. The van der Waals surface area contributed by atoms with Crippen LogP contribution >= 0.6 is 0 Å². The first kappa shape index (κ1) is 11.3. The molecular weight excluding hydrogens is 218 g/mol. The van der Waals surface area contributed by atoms with E-state index in [9.17, 15) is 0 Å². The maximum absolute atomic E-state index is 5.28. The van der Waals surface area contributed by atoms with E-state index < -0.39 is 0 Å². The summed E-state index contributed by atoms with van der Waals surface area (Å²) >= 11 is 0. The topological polar surface area (TPSA) is 93.7 Å². The Morgan fingerprint density at radius 2 is 2.24 bits per heavy atom. The highest BCUT2D eigenvalue weighted by Gasteiger charge is 2.01. The normalized spacial score (nSPS) is 10.3. The van der Waals surface area contributed by atoms with Crippen molar-refractivity contribution >= 4 is 11.8 Å². The zero-order chi connectivity index (χ0) is 12.3. The van der Waals surface area contributed by atoms with Crippen molar-refractivity contribution in [2.45, 2.75) is 13.5 Å². The number of hydrazine groups is 1. The van der Waals surface area contributed by atoms with Gasteiger partial charge in [-0.2, -0.15) is 10.1 Å². The summed E-state index contributed by atoms with van der Waals surface area (Å²) in [7, 11) is 1.88. The maximum atomic E-state index is 5.28. The highest BCUT2D eigenvalue weighted by atomic mass is 15.3.